The molecule has 0 spiro atoms. The molecule has 66 valence electrons. The van der Waals surface area contributed by atoms with Crippen molar-refractivity contribution in [2.75, 3.05) is 0 Å². The number of rotatable bonds is 1. The van der Waals surface area contributed by atoms with Crippen molar-refractivity contribution in [1.29, 1.82) is 0 Å². The molecule has 0 amide bonds. The van der Waals surface area contributed by atoms with E-state index >= 15 is 0 Å². The van der Waals surface area contributed by atoms with Gasteiger partial charge in [0.25, 0.3) is 6.43 Å². The summed E-state index contributed by atoms with van der Waals surface area (Å²) in [7, 11) is 0. The number of hydrogen-bond donors (Lipinski definition) is 0. The van der Waals surface area contributed by atoms with Gasteiger partial charge >= 0.3 is 0 Å². The maximum absolute atomic E-state index is 12.3. The van der Waals surface area contributed by atoms with E-state index in [-0.39, 0.29) is 10.7 Å². The van der Waals surface area contributed by atoms with E-state index in [1.54, 1.807) is 13.0 Å². The van der Waals surface area contributed by atoms with Crippen molar-refractivity contribution < 1.29 is 8.78 Å². The summed E-state index contributed by atoms with van der Waals surface area (Å²) in [6, 6.07) is 1.58. The van der Waals surface area contributed by atoms with Crippen LogP contribution in [0.15, 0.2) is 6.07 Å². The number of hydrogen-bond acceptors (Lipinski definition) is 1. The van der Waals surface area contributed by atoms with Crippen LogP contribution < -0.4 is 0 Å². The standard InChI is InChI=1S/C7H5ClF2IN/c1-3-2-4(11)12-6(8)5(3)7(9)10/h2,7H,1H3. The molecule has 0 aromatic carbocycles. The first-order valence-electron chi connectivity index (χ1n) is 3.13. The Morgan fingerprint density at radius 2 is 2.17 bits per heavy atom. The van der Waals surface area contributed by atoms with E-state index in [2.05, 4.69) is 4.98 Å². The van der Waals surface area contributed by atoms with E-state index in [1.165, 1.54) is 0 Å². The van der Waals surface area contributed by atoms with Crippen molar-refractivity contribution in [3.63, 3.8) is 0 Å². The first-order valence-corrected chi connectivity index (χ1v) is 4.58. The van der Waals surface area contributed by atoms with Crippen molar-refractivity contribution in [3.8, 4) is 0 Å². The second kappa shape index (κ2) is 3.83. The van der Waals surface area contributed by atoms with Crippen LogP contribution in [-0.2, 0) is 0 Å². The predicted octanol–water partition coefficient (Wildman–Crippen LogP) is 3.59. The van der Waals surface area contributed by atoms with Crippen LogP contribution in [0.4, 0.5) is 8.78 Å². The van der Waals surface area contributed by atoms with Gasteiger partial charge in [-0.05, 0) is 41.1 Å². The van der Waals surface area contributed by atoms with Crippen molar-refractivity contribution in [3.05, 3.63) is 26.0 Å². The highest BCUT2D eigenvalue weighted by Gasteiger charge is 2.16. The number of aryl methyl sites for hydroxylation is 1. The molecule has 0 N–H and O–H groups in total. The second-order valence-corrected chi connectivity index (χ2v) is 3.73. The molecule has 0 fully saturated rings. The molecule has 0 aliphatic rings. The van der Waals surface area contributed by atoms with Crippen LogP contribution in [0.2, 0.25) is 5.15 Å². The lowest BCUT2D eigenvalue weighted by atomic mass is 10.2. The lowest BCUT2D eigenvalue weighted by molar-refractivity contribution is 0.150. The normalized spacial score (nSPS) is 10.8. The van der Waals surface area contributed by atoms with Crippen molar-refractivity contribution in [2.45, 2.75) is 13.3 Å². The summed E-state index contributed by atoms with van der Waals surface area (Å²) < 4.78 is 25.2. The Balaban J connectivity index is 3.28. The Labute approximate surface area is 87.3 Å². The summed E-state index contributed by atoms with van der Waals surface area (Å²) in [6.45, 7) is 1.59. The molecule has 0 aliphatic carbocycles. The monoisotopic (exact) mass is 303 g/mol. The molecule has 0 saturated carbocycles. The molecule has 0 atom stereocenters. The summed E-state index contributed by atoms with van der Waals surface area (Å²) in [6.07, 6.45) is -2.55. The smallest absolute Gasteiger partial charge is 0.230 e. The van der Waals surface area contributed by atoms with Crippen LogP contribution in [-0.4, -0.2) is 4.98 Å². The van der Waals surface area contributed by atoms with Crippen LogP contribution in [0.1, 0.15) is 17.6 Å². The van der Waals surface area contributed by atoms with E-state index in [1.807, 2.05) is 22.6 Å². The molecular weight excluding hydrogens is 298 g/mol. The van der Waals surface area contributed by atoms with Crippen LogP contribution in [0.25, 0.3) is 0 Å². The van der Waals surface area contributed by atoms with Gasteiger partial charge in [-0.2, -0.15) is 0 Å². The largest absolute Gasteiger partial charge is 0.267 e. The van der Waals surface area contributed by atoms with Gasteiger partial charge in [0.1, 0.15) is 8.85 Å². The van der Waals surface area contributed by atoms with Gasteiger partial charge in [0, 0.05) is 0 Å². The minimum absolute atomic E-state index is 0.102. The number of pyridine rings is 1. The Kier molecular flexibility index (Phi) is 3.22. The van der Waals surface area contributed by atoms with E-state index in [0.717, 1.165) is 0 Å². The molecule has 0 aliphatic heterocycles. The third kappa shape index (κ3) is 2.04. The number of halogens is 4. The van der Waals surface area contributed by atoms with E-state index in [0.29, 0.717) is 9.26 Å². The highest BCUT2D eigenvalue weighted by molar-refractivity contribution is 14.1. The van der Waals surface area contributed by atoms with Crippen LogP contribution in [0.5, 0.6) is 0 Å². The fourth-order valence-electron chi connectivity index (χ4n) is 0.868. The third-order valence-corrected chi connectivity index (χ3v) is 2.25. The highest BCUT2D eigenvalue weighted by Crippen LogP contribution is 2.29. The quantitative estimate of drug-likeness (QED) is 0.571. The average molecular weight is 303 g/mol. The molecular formula is C7H5ClF2IN. The number of aromatic nitrogens is 1. The van der Waals surface area contributed by atoms with Gasteiger partial charge in [-0.1, -0.05) is 11.6 Å². The third-order valence-electron chi connectivity index (χ3n) is 1.41. The van der Waals surface area contributed by atoms with Crippen LogP contribution in [0.3, 0.4) is 0 Å². The van der Waals surface area contributed by atoms with E-state index in [4.69, 9.17) is 11.6 Å². The van der Waals surface area contributed by atoms with Gasteiger partial charge in [0.15, 0.2) is 0 Å². The zero-order chi connectivity index (χ0) is 9.30. The molecule has 0 unspecified atom stereocenters. The molecule has 1 rings (SSSR count). The maximum atomic E-state index is 12.3. The van der Waals surface area contributed by atoms with E-state index < -0.39 is 6.43 Å². The summed E-state index contributed by atoms with van der Waals surface area (Å²) in [5, 5.41) is -0.102. The van der Waals surface area contributed by atoms with Crippen molar-refractivity contribution >= 4 is 34.2 Å². The summed E-state index contributed by atoms with van der Waals surface area (Å²) in [5.41, 5.74) is 0.312. The number of alkyl halides is 2. The van der Waals surface area contributed by atoms with Gasteiger partial charge in [0.05, 0.1) is 5.56 Å². The zero-order valence-electron chi connectivity index (χ0n) is 6.11. The van der Waals surface area contributed by atoms with Gasteiger partial charge < -0.3 is 0 Å². The minimum Gasteiger partial charge on any atom is -0.230 e. The molecule has 1 aromatic rings. The lowest BCUT2D eigenvalue weighted by Gasteiger charge is -2.06. The predicted molar refractivity (Wildman–Crippen MR) is 51.7 cm³/mol. The SMILES string of the molecule is Cc1cc(I)nc(Cl)c1C(F)F. The second-order valence-electron chi connectivity index (χ2n) is 2.27. The maximum Gasteiger partial charge on any atom is 0.267 e. The summed E-state index contributed by atoms with van der Waals surface area (Å²) in [5.74, 6) is 0. The molecule has 0 bridgehead atoms. The number of nitrogens with zero attached hydrogens (tertiary/aromatic N) is 1. The minimum atomic E-state index is -2.55. The molecule has 1 aromatic heterocycles. The fraction of sp³-hybridized carbons (Fsp3) is 0.286. The van der Waals surface area contributed by atoms with Gasteiger partial charge in [-0.25, -0.2) is 13.8 Å². The highest BCUT2D eigenvalue weighted by atomic mass is 127. The molecule has 12 heavy (non-hydrogen) atoms. The van der Waals surface area contributed by atoms with Crippen LogP contribution in [0, 0.1) is 10.6 Å². The van der Waals surface area contributed by atoms with Crippen molar-refractivity contribution in [1.82, 2.24) is 4.98 Å². The Bertz CT molecular complexity index is 280. The zero-order valence-corrected chi connectivity index (χ0v) is 9.03. The molecule has 0 radical (unpaired) electrons. The average Bonchev–Trinajstić information content (AvgIpc) is 1.82. The molecule has 0 saturated heterocycles. The van der Waals surface area contributed by atoms with Gasteiger partial charge in [-0.3, -0.25) is 0 Å². The van der Waals surface area contributed by atoms with Crippen LogP contribution >= 0.6 is 34.2 Å². The molecule has 1 heterocycles. The summed E-state index contributed by atoms with van der Waals surface area (Å²) >= 11 is 7.46. The first kappa shape index (κ1) is 10.1. The van der Waals surface area contributed by atoms with Crippen molar-refractivity contribution in [2.24, 2.45) is 0 Å². The van der Waals surface area contributed by atoms with Gasteiger partial charge in [0.2, 0.25) is 0 Å². The first-order chi connectivity index (χ1) is 5.52. The lowest BCUT2D eigenvalue weighted by Crippen LogP contribution is -1.95. The van der Waals surface area contributed by atoms with Gasteiger partial charge in [-0.15, -0.1) is 0 Å². The molecule has 5 heteroatoms. The molecule has 1 nitrogen and oxygen atoms in total. The Morgan fingerprint density at radius 1 is 1.58 bits per heavy atom. The topological polar surface area (TPSA) is 12.9 Å². The Morgan fingerprint density at radius 3 is 2.58 bits per heavy atom. The van der Waals surface area contributed by atoms with E-state index in [9.17, 15) is 8.78 Å². The Hall–Kier alpha value is 0.0300. The fourth-order valence-corrected chi connectivity index (χ4v) is 2.04. The summed E-state index contributed by atoms with van der Waals surface area (Å²) in [4.78, 5) is 3.73.